The Morgan fingerprint density at radius 2 is 1.41 bits per heavy atom. The van der Waals surface area contributed by atoms with Gasteiger partial charge in [0, 0.05) is 19.0 Å². The number of ether oxygens (including phenoxy) is 1. The maximum Gasteiger partial charge on any atom is 0.408 e. The van der Waals surface area contributed by atoms with Crippen molar-refractivity contribution in [2.45, 2.75) is 91.1 Å². The molecule has 0 aromatic heterocycles. The molecule has 0 heterocycles. The third-order valence-corrected chi connectivity index (χ3v) is 7.21. The van der Waals surface area contributed by atoms with Crippen molar-refractivity contribution < 1.29 is 24.2 Å². The van der Waals surface area contributed by atoms with Crippen molar-refractivity contribution in [2.24, 2.45) is 5.92 Å². The zero-order valence-corrected chi connectivity index (χ0v) is 26.7. The molecule has 3 unspecified atom stereocenters. The zero-order valence-electron chi connectivity index (χ0n) is 26.7. The van der Waals surface area contributed by atoms with E-state index in [2.05, 4.69) is 24.5 Å². The maximum absolute atomic E-state index is 14.7. The molecule has 236 valence electrons. The molecule has 0 saturated carbocycles. The number of aromatic hydroxyl groups is 1. The highest BCUT2D eigenvalue weighted by Gasteiger charge is 2.39. The largest absolute Gasteiger partial charge is 0.508 e. The Bertz CT molecular complexity index is 1340. The number of carbonyl (C=O) groups is 3. The highest BCUT2D eigenvalue weighted by Crippen LogP contribution is 2.28. The van der Waals surface area contributed by atoms with E-state index >= 15 is 0 Å². The summed E-state index contributed by atoms with van der Waals surface area (Å²) in [5, 5.41) is 15.7. The smallest absolute Gasteiger partial charge is 0.408 e. The summed E-state index contributed by atoms with van der Waals surface area (Å²) in [6.45, 7) is 11.8. The lowest BCUT2D eigenvalue weighted by molar-refractivity contribution is -0.145. The van der Waals surface area contributed by atoms with Gasteiger partial charge in [0.05, 0.1) is 0 Å². The molecule has 0 aliphatic rings. The number of amides is 3. The molecule has 8 nitrogen and oxygen atoms in total. The van der Waals surface area contributed by atoms with E-state index in [0.29, 0.717) is 24.4 Å². The van der Waals surface area contributed by atoms with Crippen LogP contribution in [0.4, 0.5) is 4.79 Å². The number of phenolic OH excluding ortho intramolecular Hbond substituents is 1. The van der Waals surface area contributed by atoms with Gasteiger partial charge in [0.2, 0.25) is 11.8 Å². The fourth-order valence-electron chi connectivity index (χ4n) is 4.97. The molecule has 8 heteroatoms. The topological polar surface area (TPSA) is 108 Å². The van der Waals surface area contributed by atoms with Crippen LogP contribution in [0.5, 0.6) is 5.75 Å². The van der Waals surface area contributed by atoms with Gasteiger partial charge in [-0.3, -0.25) is 9.59 Å². The monoisotopic (exact) mass is 601 g/mol. The average Bonchev–Trinajstić information content (AvgIpc) is 2.98. The van der Waals surface area contributed by atoms with Crippen LogP contribution in [0, 0.1) is 5.92 Å². The molecular weight excluding hydrogens is 554 g/mol. The Labute approximate surface area is 261 Å². The molecule has 3 amide bonds. The molecule has 0 aliphatic heterocycles. The summed E-state index contributed by atoms with van der Waals surface area (Å²) >= 11 is 0. The third-order valence-electron chi connectivity index (χ3n) is 7.21. The van der Waals surface area contributed by atoms with E-state index in [0.717, 1.165) is 17.5 Å². The van der Waals surface area contributed by atoms with Crippen LogP contribution >= 0.6 is 0 Å². The number of hydrogen-bond acceptors (Lipinski definition) is 5. The normalized spacial score (nSPS) is 13.4. The molecule has 0 spiro atoms. The SMILES string of the molecule is CC(C)CCC(C)N(C(=O)C(Cc1ccc(O)cc1)NC(=O)OC(C)(C)C)C(C(=O)NCc1ccccc1)c1ccccc1. The first-order chi connectivity index (χ1) is 20.8. The molecule has 3 rings (SSSR count). The van der Waals surface area contributed by atoms with Crippen LogP contribution in [-0.2, 0) is 27.3 Å². The van der Waals surface area contributed by atoms with E-state index in [1.165, 1.54) is 12.1 Å². The van der Waals surface area contributed by atoms with Crippen LogP contribution in [-0.4, -0.2) is 45.6 Å². The number of phenols is 1. The second kappa shape index (κ2) is 15.9. The first-order valence-corrected chi connectivity index (χ1v) is 15.3. The highest BCUT2D eigenvalue weighted by molar-refractivity contribution is 5.92. The number of hydrogen-bond donors (Lipinski definition) is 3. The number of nitrogens with zero attached hydrogens (tertiary/aromatic N) is 1. The van der Waals surface area contributed by atoms with Crippen molar-refractivity contribution in [3.63, 3.8) is 0 Å². The van der Waals surface area contributed by atoms with Gasteiger partial charge >= 0.3 is 6.09 Å². The van der Waals surface area contributed by atoms with Crippen molar-refractivity contribution in [2.75, 3.05) is 0 Å². The summed E-state index contributed by atoms with van der Waals surface area (Å²) in [6.07, 6.45) is 0.921. The third kappa shape index (κ3) is 10.7. The van der Waals surface area contributed by atoms with E-state index in [4.69, 9.17) is 4.74 Å². The highest BCUT2D eigenvalue weighted by atomic mass is 16.6. The van der Waals surface area contributed by atoms with Crippen LogP contribution < -0.4 is 10.6 Å². The van der Waals surface area contributed by atoms with Gasteiger partial charge in [-0.25, -0.2) is 4.79 Å². The van der Waals surface area contributed by atoms with Crippen molar-refractivity contribution >= 4 is 17.9 Å². The van der Waals surface area contributed by atoms with Crippen molar-refractivity contribution in [1.29, 1.82) is 0 Å². The molecule has 3 aromatic rings. The van der Waals surface area contributed by atoms with Crippen LogP contribution in [0.25, 0.3) is 0 Å². The lowest BCUT2D eigenvalue weighted by Crippen LogP contribution is -2.56. The number of carbonyl (C=O) groups excluding carboxylic acids is 3. The average molecular weight is 602 g/mol. The Morgan fingerprint density at radius 1 is 0.818 bits per heavy atom. The first kappa shape index (κ1) is 34.2. The summed E-state index contributed by atoms with van der Waals surface area (Å²) in [7, 11) is 0. The predicted molar refractivity (Wildman–Crippen MR) is 173 cm³/mol. The summed E-state index contributed by atoms with van der Waals surface area (Å²) in [6, 6.07) is 23.0. The predicted octanol–water partition coefficient (Wildman–Crippen LogP) is 6.54. The molecular formula is C36H47N3O5. The standard InChI is InChI=1S/C36H47N3O5/c1-25(2)17-18-26(3)39(32(29-15-11-8-12-16-29)33(41)37-24-28-13-9-7-10-14-28)34(42)31(38-35(43)44-36(4,5)6)23-27-19-21-30(40)22-20-27/h7-16,19-22,25-26,31-32,40H,17-18,23-24H2,1-6H3,(H,37,41)(H,38,43). The first-order valence-electron chi connectivity index (χ1n) is 15.3. The lowest BCUT2D eigenvalue weighted by Gasteiger charge is -2.39. The van der Waals surface area contributed by atoms with E-state index < -0.39 is 29.7 Å². The Morgan fingerprint density at radius 3 is 1.98 bits per heavy atom. The molecule has 44 heavy (non-hydrogen) atoms. The van der Waals surface area contributed by atoms with Gasteiger partial charge in [0.25, 0.3) is 0 Å². The van der Waals surface area contributed by atoms with Gasteiger partial charge in [-0.2, -0.15) is 0 Å². The van der Waals surface area contributed by atoms with Gasteiger partial charge in [0.1, 0.15) is 23.4 Å². The molecule has 0 fully saturated rings. The van der Waals surface area contributed by atoms with Crippen LogP contribution in [0.15, 0.2) is 84.9 Å². The summed E-state index contributed by atoms with van der Waals surface area (Å²) in [5.74, 6) is -0.224. The number of benzene rings is 3. The molecule has 0 radical (unpaired) electrons. The Balaban J connectivity index is 2.06. The van der Waals surface area contributed by atoms with E-state index in [1.807, 2.05) is 67.6 Å². The quantitative estimate of drug-likeness (QED) is 0.206. The van der Waals surface area contributed by atoms with Crippen molar-refractivity contribution in [3.8, 4) is 5.75 Å². The number of rotatable bonds is 13. The number of nitrogens with one attached hydrogen (secondary N) is 2. The molecule has 0 aliphatic carbocycles. The molecule has 3 aromatic carbocycles. The van der Waals surface area contributed by atoms with Crippen molar-refractivity contribution in [1.82, 2.24) is 15.5 Å². The maximum atomic E-state index is 14.7. The Hall–Kier alpha value is -4.33. The molecule has 3 N–H and O–H groups in total. The molecule has 0 bridgehead atoms. The number of alkyl carbamates (subject to hydrolysis) is 1. The van der Waals surface area contributed by atoms with Gasteiger partial charge in [-0.15, -0.1) is 0 Å². The van der Waals surface area contributed by atoms with Crippen LogP contribution in [0.1, 0.15) is 77.1 Å². The summed E-state index contributed by atoms with van der Waals surface area (Å²) < 4.78 is 5.53. The van der Waals surface area contributed by atoms with Gasteiger partial charge in [-0.05, 0) is 75.3 Å². The molecule has 3 atom stereocenters. The zero-order chi connectivity index (χ0) is 32.3. The van der Waals surface area contributed by atoms with E-state index in [1.54, 1.807) is 37.8 Å². The summed E-state index contributed by atoms with van der Waals surface area (Å²) in [5.41, 5.74) is 1.57. The Kier molecular flexibility index (Phi) is 12.4. The second-order valence-electron chi connectivity index (χ2n) is 12.7. The van der Waals surface area contributed by atoms with E-state index in [9.17, 15) is 19.5 Å². The summed E-state index contributed by atoms with van der Waals surface area (Å²) in [4.78, 5) is 43.5. The second-order valence-corrected chi connectivity index (χ2v) is 12.7. The minimum Gasteiger partial charge on any atom is -0.508 e. The van der Waals surface area contributed by atoms with Gasteiger partial charge in [-0.1, -0.05) is 86.6 Å². The van der Waals surface area contributed by atoms with Crippen LogP contribution in [0.2, 0.25) is 0 Å². The van der Waals surface area contributed by atoms with E-state index in [-0.39, 0.29) is 24.1 Å². The van der Waals surface area contributed by atoms with Gasteiger partial charge < -0.3 is 25.4 Å². The fraction of sp³-hybridized carbons (Fsp3) is 0.417. The van der Waals surface area contributed by atoms with Crippen LogP contribution in [0.3, 0.4) is 0 Å². The molecule has 0 saturated heterocycles. The van der Waals surface area contributed by atoms with Gasteiger partial charge in [0.15, 0.2) is 0 Å². The van der Waals surface area contributed by atoms with Crippen molar-refractivity contribution in [3.05, 3.63) is 102 Å². The lowest BCUT2D eigenvalue weighted by atomic mass is 9.96. The fourth-order valence-corrected chi connectivity index (χ4v) is 4.97. The minimum absolute atomic E-state index is 0.0971. The minimum atomic E-state index is -1.04.